The van der Waals surface area contributed by atoms with Gasteiger partial charge in [-0.05, 0) is 78.4 Å². The molecule has 0 amide bonds. The molecule has 234 valence electrons. The molecule has 2 atom stereocenters. The van der Waals surface area contributed by atoms with E-state index < -0.39 is 0 Å². The lowest BCUT2D eigenvalue weighted by molar-refractivity contribution is 0.468. The second-order valence-electron chi connectivity index (χ2n) is 12.3. The molecule has 2 unspecified atom stereocenters. The quantitative estimate of drug-likeness (QED) is 0.175. The fourth-order valence-electron chi connectivity index (χ4n) is 7.06. The van der Waals surface area contributed by atoms with Gasteiger partial charge in [0.2, 0.25) is 11.8 Å². The molecule has 0 bridgehead atoms. The van der Waals surface area contributed by atoms with Crippen molar-refractivity contribution in [2.75, 3.05) is 4.90 Å². The van der Waals surface area contributed by atoms with Gasteiger partial charge in [-0.25, -0.2) is 0 Å². The lowest BCUT2D eigenvalue weighted by Gasteiger charge is -2.25. The van der Waals surface area contributed by atoms with Gasteiger partial charge < -0.3 is 13.9 Å². The van der Waals surface area contributed by atoms with E-state index in [9.17, 15) is 0 Å². The smallest absolute Gasteiger partial charge is 0.247 e. The van der Waals surface area contributed by atoms with Crippen molar-refractivity contribution in [3.05, 3.63) is 193 Å². The second kappa shape index (κ2) is 12.3. The summed E-state index contributed by atoms with van der Waals surface area (Å²) in [5, 5.41) is 11.4. The molecule has 1 aliphatic rings. The van der Waals surface area contributed by atoms with Crippen LogP contribution in [0.1, 0.15) is 23.3 Å². The van der Waals surface area contributed by atoms with Crippen LogP contribution in [0.5, 0.6) is 0 Å². The normalized spacial score (nSPS) is 15.6. The molecule has 8 aromatic rings. The summed E-state index contributed by atoms with van der Waals surface area (Å²) in [6.45, 7) is 0. The molecule has 0 spiro atoms. The van der Waals surface area contributed by atoms with Gasteiger partial charge in [-0.1, -0.05) is 109 Å². The lowest BCUT2D eigenvalue weighted by atomic mass is 9.83. The van der Waals surface area contributed by atoms with Gasteiger partial charge in [-0.3, -0.25) is 0 Å². The number of benzene rings is 6. The highest BCUT2D eigenvalue weighted by atomic mass is 16.4. The molecule has 5 heteroatoms. The van der Waals surface area contributed by atoms with E-state index in [-0.39, 0.29) is 11.8 Å². The molecule has 49 heavy (non-hydrogen) atoms. The molecule has 2 heterocycles. The summed E-state index contributed by atoms with van der Waals surface area (Å²) in [5.74, 6) is 1.24. The maximum atomic E-state index is 6.34. The number of hydrogen-bond donors (Lipinski definition) is 0. The number of rotatable bonds is 7. The van der Waals surface area contributed by atoms with E-state index in [4.69, 9.17) is 4.42 Å². The Labute approximate surface area is 284 Å². The minimum atomic E-state index is -0.0238. The van der Waals surface area contributed by atoms with Crippen molar-refractivity contribution in [3.8, 4) is 17.1 Å². The molecule has 0 aliphatic heterocycles. The van der Waals surface area contributed by atoms with Crippen molar-refractivity contribution in [2.24, 2.45) is 0 Å². The summed E-state index contributed by atoms with van der Waals surface area (Å²) in [6.07, 6.45) is 8.48. The molecule has 0 saturated carbocycles. The summed E-state index contributed by atoms with van der Waals surface area (Å²) in [5.41, 5.74) is 8.79. The van der Waals surface area contributed by atoms with Crippen molar-refractivity contribution >= 4 is 38.9 Å². The minimum absolute atomic E-state index is 0.0238. The number of fused-ring (bicyclic) bond motifs is 3. The largest absolute Gasteiger partial charge is 0.420 e. The third-order valence-corrected chi connectivity index (χ3v) is 9.36. The first-order chi connectivity index (χ1) is 24.3. The van der Waals surface area contributed by atoms with Gasteiger partial charge >= 0.3 is 0 Å². The molecule has 0 N–H and O–H groups in total. The first kappa shape index (κ1) is 28.7. The highest BCUT2D eigenvalue weighted by Crippen LogP contribution is 2.41. The third kappa shape index (κ3) is 5.22. The molecule has 0 fully saturated rings. The van der Waals surface area contributed by atoms with Crippen molar-refractivity contribution < 1.29 is 4.42 Å². The van der Waals surface area contributed by atoms with E-state index in [0.717, 1.165) is 28.3 Å². The van der Waals surface area contributed by atoms with Crippen LogP contribution in [0.15, 0.2) is 186 Å². The van der Waals surface area contributed by atoms with Gasteiger partial charge in [0.25, 0.3) is 0 Å². The number of aromatic nitrogens is 3. The van der Waals surface area contributed by atoms with Crippen LogP contribution in [-0.4, -0.2) is 14.8 Å². The van der Waals surface area contributed by atoms with Crippen molar-refractivity contribution in [1.82, 2.24) is 14.8 Å². The maximum absolute atomic E-state index is 6.34. The summed E-state index contributed by atoms with van der Waals surface area (Å²) in [6, 6.07) is 55.3. The number of para-hydroxylation sites is 3. The van der Waals surface area contributed by atoms with Gasteiger partial charge in [0.05, 0.1) is 17.0 Å². The average molecular weight is 633 g/mol. The summed E-state index contributed by atoms with van der Waals surface area (Å²) in [4.78, 5) is 2.29. The molecule has 0 radical (unpaired) electrons. The first-order valence-electron chi connectivity index (χ1n) is 16.6. The summed E-state index contributed by atoms with van der Waals surface area (Å²) in [7, 11) is 0. The highest BCUT2D eigenvalue weighted by molar-refractivity contribution is 6.10. The average Bonchev–Trinajstić information content (AvgIpc) is 3.80. The number of hydrogen-bond acceptors (Lipinski definition) is 4. The molecule has 5 nitrogen and oxygen atoms in total. The number of allylic oxidation sites excluding steroid dienone is 4. The topological polar surface area (TPSA) is 47.1 Å². The van der Waals surface area contributed by atoms with Gasteiger partial charge in [0.1, 0.15) is 0 Å². The predicted molar refractivity (Wildman–Crippen MR) is 199 cm³/mol. The molecule has 0 saturated heterocycles. The minimum Gasteiger partial charge on any atom is -0.420 e. The van der Waals surface area contributed by atoms with E-state index >= 15 is 0 Å². The Balaban J connectivity index is 1.08. The van der Waals surface area contributed by atoms with Crippen molar-refractivity contribution in [2.45, 2.75) is 11.8 Å². The van der Waals surface area contributed by atoms with Crippen LogP contribution in [0.2, 0.25) is 0 Å². The molecular weight excluding hydrogens is 601 g/mol. The van der Waals surface area contributed by atoms with E-state index in [0.29, 0.717) is 11.8 Å². The van der Waals surface area contributed by atoms with Crippen LogP contribution >= 0.6 is 0 Å². The SMILES string of the molecule is C1=CC(c2ccccc2)C(c2nnc(-c3ccc(N(c4ccccc4)c4ccc5c(c4)c4ccccc4n5-c4ccccc4)cc3)o2)C=C1. The first-order valence-corrected chi connectivity index (χ1v) is 16.6. The Kier molecular flexibility index (Phi) is 7.21. The monoisotopic (exact) mass is 632 g/mol. The predicted octanol–water partition coefficient (Wildman–Crippen LogP) is 11.3. The molecular formula is C44H32N4O. The third-order valence-electron chi connectivity index (χ3n) is 9.36. The van der Waals surface area contributed by atoms with Crippen LogP contribution in [0.25, 0.3) is 38.9 Å². The Morgan fingerprint density at radius 2 is 1.12 bits per heavy atom. The van der Waals surface area contributed by atoms with Crippen LogP contribution in [-0.2, 0) is 0 Å². The van der Waals surface area contributed by atoms with Gasteiger partial charge in [0.15, 0.2) is 0 Å². The standard InChI is InChI=1S/C44H32N4O/c1-4-14-31(15-5-1)37-20-10-11-22-39(37)44-46-45-43(49-44)32-24-26-35(27-25-32)47(33-16-6-2-7-17-33)36-28-29-42-40(30-36)38-21-12-13-23-41(38)48(42)34-18-8-3-9-19-34/h1-30,37,39H. The van der Waals surface area contributed by atoms with Crippen molar-refractivity contribution in [1.29, 1.82) is 0 Å². The Hall–Kier alpha value is -6.46. The zero-order chi connectivity index (χ0) is 32.6. The van der Waals surface area contributed by atoms with E-state index in [1.54, 1.807) is 0 Å². The van der Waals surface area contributed by atoms with Crippen LogP contribution in [0.3, 0.4) is 0 Å². The van der Waals surface area contributed by atoms with Gasteiger partial charge in [-0.15, -0.1) is 10.2 Å². The zero-order valence-corrected chi connectivity index (χ0v) is 26.7. The molecule has 9 rings (SSSR count). The summed E-state index contributed by atoms with van der Waals surface area (Å²) >= 11 is 0. The van der Waals surface area contributed by atoms with E-state index in [1.807, 2.05) is 12.1 Å². The highest BCUT2D eigenvalue weighted by Gasteiger charge is 2.27. The van der Waals surface area contributed by atoms with Gasteiger partial charge in [-0.2, -0.15) is 0 Å². The summed E-state index contributed by atoms with van der Waals surface area (Å²) < 4.78 is 8.68. The number of anilines is 3. The van der Waals surface area contributed by atoms with E-state index in [1.165, 1.54) is 27.4 Å². The van der Waals surface area contributed by atoms with Gasteiger partial charge in [0, 0.05) is 45.0 Å². The van der Waals surface area contributed by atoms with Crippen LogP contribution < -0.4 is 4.90 Å². The number of nitrogens with zero attached hydrogens (tertiary/aromatic N) is 4. The fourth-order valence-corrected chi connectivity index (χ4v) is 7.06. The van der Waals surface area contributed by atoms with Crippen LogP contribution in [0.4, 0.5) is 17.1 Å². The molecule has 6 aromatic carbocycles. The van der Waals surface area contributed by atoms with Crippen LogP contribution in [0, 0.1) is 0 Å². The lowest BCUT2D eigenvalue weighted by Crippen LogP contribution is -2.10. The Bertz CT molecular complexity index is 2440. The second-order valence-corrected chi connectivity index (χ2v) is 12.3. The molecule has 1 aliphatic carbocycles. The maximum Gasteiger partial charge on any atom is 0.247 e. The zero-order valence-electron chi connectivity index (χ0n) is 26.7. The molecule has 2 aromatic heterocycles. The Morgan fingerprint density at radius 1 is 0.510 bits per heavy atom. The Morgan fingerprint density at radius 3 is 1.90 bits per heavy atom. The fraction of sp³-hybridized carbons (Fsp3) is 0.0455. The van der Waals surface area contributed by atoms with Crippen molar-refractivity contribution in [3.63, 3.8) is 0 Å². The van der Waals surface area contributed by atoms with E-state index in [2.05, 4.69) is 190 Å².